The molecule has 0 aromatic rings. The molecule has 0 rings (SSSR count). The molecule has 0 spiro atoms. The fourth-order valence-electron chi connectivity index (χ4n) is 1.06. The number of ether oxygens (including phenoxy) is 1. The lowest BCUT2D eigenvalue weighted by molar-refractivity contribution is -0.0122. The van der Waals surface area contributed by atoms with Gasteiger partial charge in [0.2, 0.25) is 0 Å². The van der Waals surface area contributed by atoms with E-state index in [1.807, 2.05) is 19.9 Å². The molecule has 0 heterocycles. The quantitative estimate of drug-likeness (QED) is 0.359. The van der Waals surface area contributed by atoms with E-state index in [9.17, 15) is 0 Å². The average molecular weight is 172 g/mol. The van der Waals surface area contributed by atoms with Crippen LogP contribution in [-0.4, -0.2) is 18.8 Å². The van der Waals surface area contributed by atoms with Crippen LogP contribution >= 0.6 is 0 Å². The first-order chi connectivity index (χ1) is 5.58. The molecule has 0 amide bonds. The van der Waals surface area contributed by atoms with Gasteiger partial charge >= 0.3 is 0 Å². The first-order valence-electron chi connectivity index (χ1n) is 4.20. The van der Waals surface area contributed by atoms with Gasteiger partial charge in [-0.25, -0.2) is 0 Å². The van der Waals surface area contributed by atoms with E-state index in [1.54, 1.807) is 7.11 Å². The van der Waals surface area contributed by atoms with Crippen molar-refractivity contribution in [1.82, 2.24) is 5.43 Å². The zero-order chi connectivity index (χ0) is 9.61. The van der Waals surface area contributed by atoms with E-state index in [0.717, 1.165) is 12.8 Å². The van der Waals surface area contributed by atoms with Gasteiger partial charge in [-0.3, -0.25) is 11.3 Å². The third-order valence-corrected chi connectivity index (χ3v) is 2.23. The molecule has 1 unspecified atom stereocenters. The van der Waals surface area contributed by atoms with Gasteiger partial charge in [-0.2, -0.15) is 0 Å². The molecule has 0 aliphatic heterocycles. The maximum atomic E-state index is 5.41. The van der Waals surface area contributed by atoms with E-state index >= 15 is 0 Å². The molecule has 72 valence electrons. The van der Waals surface area contributed by atoms with Crippen LogP contribution in [0.1, 0.15) is 26.7 Å². The Morgan fingerprint density at radius 1 is 1.67 bits per heavy atom. The van der Waals surface area contributed by atoms with Crippen molar-refractivity contribution in [1.29, 1.82) is 0 Å². The smallest absolute Gasteiger partial charge is 0.0788 e. The van der Waals surface area contributed by atoms with Crippen molar-refractivity contribution < 1.29 is 4.74 Å². The van der Waals surface area contributed by atoms with Gasteiger partial charge in [-0.15, -0.1) is 6.58 Å². The summed E-state index contributed by atoms with van der Waals surface area (Å²) >= 11 is 0. The molecule has 0 aromatic heterocycles. The Morgan fingerprint density at radius 3 is 2.58 bits per heavy atom. The van der Waals surface area contributed by atoms with Crippen LogP contribution in [-0.2, 0) is 4.74 Å². The van der Waals surface area contributed by atoms with Crippen LogP contribution in [0, 0.1) is 0 Å². The minimum Gasteiger partial charge on any atom is -0.377 e. The number of nitrogens with one attached hydrogen (secondary N) is 1. The number of hydrogen-bond donors (Lipinski definition) is 2. The Labute approximate surface area is 74.9 Å². The van der Waals surface area contributed by atoms with Crippen LogP contribution in [0.3, 0.4) is 0 Å². The number of rotatable bonds is 6. The molecule has 0 fully saturated rings. The second-order valence-corrected chi connectivity index (χ2v) is 3.39. The van der Waals surface area contributed by atoms with Crippen molar-refractivity contribution in [2.75, 3.05) is 7.11 Å². The number of nitrogens with two attached hydrogens (primary N) is 1. The van der Waals surface area contributed by atoms with Crippen LogP contribution in [0.15, 0.2) is 12.7 Å². The maximum Gasteiger partial charge on any atom is 0.0788 e. The summed E-state index contributed by atoms with van der Waals surface area (Å²) in [6, 6.07) is 0.167. The van der Waals surface area contributed by atoms with E-state index in [4.69, 9.17) is 10.6 Å². The summed E-state index contributed by atoms with van der Waals surface area (Å²) in [5.74, 6) is 5.41. The minimum atomic E-state index is -0.224. The molecular weight excluding hydrogens is 152 g/mol. The Bertz CT molecular complexity index is 134. The van der Waals surface area contributed by atoms with Crippen LogP contribution in [0.5, 0.6) is 0 Å². The highest BCUT2D eigenvalue weighted by Gasteiger charge is 2.27. The van der Waals surface area contributed by atoms with E-state index in [1.165, 1.54) is 0 Å². The molecule has 3 nitrogen and oxygen atoms in total. The van der Waals surface area contributed by atoms with Gasteiger partial charge in [0.05, 0.1) is 5.60 Å². The molecule has 1 atom stereocenters. The topological polar surface area (TPSA) is 47.3 Å². The highest BCUT2D eigenvalue weighted by atomic mass is 16.5. The maximum absolute atomic E-state index is 5.41. The predicted molar refractivity (Wildman–Crippen MR) is 51.6 cm³/mol. The van der Waals surface area contributed by atoms with Crippen molar-refractivity contribution in [2.24, 2.45) is 5.84 Å². The Hall–Kier alpha value is -0.380. The van der Waals surface area contributed by atoms with Crippen molar-refractivity contribution in [3.05, 3.63) is 12.7 Å². The highest BCUT2D eigenvalue weighted by Crippen LogP contribution is 2.17. The summed E-state index contributed by atoms with van der Waals surface area (Å²) in [6.45, 7) is 7.69. The molecule has 0 aliphatic carbocycles. The zero-order valence-electron chi connectivity index (χ0n) is 8.26. The van der Waals surface area contributed by atoms with E-state index < -0.39 is 0 Å². The molecule has 0 saturated carbocycles. The molecule has 0 aromatic carbocycles. The summed E-state index contributed by atoms with van der Waals surface area (Å²) in [7, 11) is 1.69. The Balaban J connectivity index is 4.03. The summed E-state index contributed by atoms with van der Waals surface area (Å²) in [6.07, 6.45) is 3.78. The average Bonchev–Trinajstić information content (AvgIpc) is 2.05. The monoisotopic (exact) mass is 172 g/mol. The standard InChI is InChI=1S/C9H20N2O/c1-5-6-7-8(11-10)9(2,3)12-4/h5,8,11H,1,6-7,10H2,2-4H3. The SMILES string of the molecule is C=CCCC(NN)C(C)(C)OC. The molecule has 0 saturated heterocycles. The summed E-state index contributed by atoms with van der Waals surface area (Å²) in [5, 5.41) is 0. The van der Waals surface area contributed by atoms with Crippen LogP contribution in [0.25, 0.3) is 0 Å². The van der Waals surface area contributed by atoms with Crippen molar-refractivity contribution in [3.8, 4) is 0 Å². The van der Waals surface area contributed by atoms with E-state index in [0.29, 0.717) is 0 Å². The highest BCUT2D eigenvalue weighted by molar-refractivity contribution is 4.85. The number of methoxy groups -OCH3 is 1. The number of allylic oxidation sites excluding steroid dienone is 1. The fraction of sp³-hybridized carbons (Fsp3) is 0.778. The van der Waals surface area contributed by atoms with Crippen molar-refractivity contribution in [2.45, 2.75) is 38.3 Å². The van der Waals surface area contributed by atoms with E-state index in [2.05, 4.69) is 12.0 Å². The van der Waals surface area contributed by atoms with E-state index in [-0.39, 0.29) is 11.6 Å². The molecule has 3 heteroatoms. The predicted octanol–water partition coefficient (Wildman–Crippen LogP) is 1.21. The first-order valence-corrected chi connectivity index (χ1v) is 4.20. The normalized spacial score (nSPS) is 14.3. The van der Waals surface area contributed by atoms with Gasteiger partial charge in [0.25, 0.3) is 0 Å². The fourth-order valence-corrected chi connectivity index (χ4v) is 1.06. The van der Waals surface area contributed by atoms with Crippen LogP contribution in [0.4, 0.5) is 0 Å². The van der Waals surface area contributed by atoms with Crippen molar-refractivity contribution in [3.63, 3.8) is 0 Å². The van der Waals surface area contributed by atoms with Gasteiger partial charge in [0.1, 0.15) is 0 Å². The van der Waals surface area contributed by atoms with Crippen LogP contribution in [0.2, 0.25) is 0 Å². The molecule has 3 N–H and O–H groups in total. The number of hydrazine groups is 1. The summed E-state index contributed by atoms with van der Waals surface area (Å²) < 4.78 is 5.31. The molecular formula is C9H20N2O. The molecule has 0 aliphatic rings. The summed E-state index contributed by atoms with van der Waals surface area (Å²) in [5.41, 5.74) is 2.53. The molecule has 12 heavy (non-hydrogen) atoms. The second-order valence-electron chi connectivity index (χ2n) is 3.39. The Kier molecular flexibility index (Phi) is 5.13. The lowest BCUT2D eigenvalue weighted by atomic mass is 9.95. The van der Waals surface area contributed by atoms with Gasteiger partial charge < -0.3 is 4.74 Å². The summed E-state index contributed by atoms with van der Waals surface area (Å²) in [4.78, 5) is 0. The van der Waals surface area contributed by atoms with Gasteiger partial charge in [0.15, 0.2) is 0 Å². The number of hydrogen-bond acceptors (Lipinski definition) is 3. The van der Waals surface area contributed by atoms with Crippen molar-refractivity contribution >= 4 is 0 Å². The largest absolute Gasteiger partial charge is 0.377 e. The second kappa shape index (κ2) is 5.30. The van der Waals surface area contributed by atoms with Gasteiger partial charge in [-0.05, 0) is 26.7 Å². The molecule has 0 bridgehead atoms. The Morgan fingerprint density at radius 2 is 2.25 bits per heavy atom. The van der Waals surface area contributed by atoms with Gasteiger partial charge in [-0.1, -0.05) is 6.08 Å². The lowest BCUT2D eigenvalue weighted by Gasteiger charge is -2.32. The molecule has 0 radical (unpaired) electrons. The third-order valence-electron chi connectivity index (χ3n) is 2.23. The zero-order valence-corrected chi connectivity index (χ0v) is 8.26. The first kappa shape index (κ1) is 11.6. The van der Waals surface area contributed by atoms with Crippen LogP contribution < -0.4 is 11.3 Å². The minimum absolute atomic E-state index is 0.167. The van der Waals surface area contributed by atoms with Gasteiger partial charge in [0, 0.05) is 13.2 Å². The third kappa shape index (κ3) is 3.34. The lowest BCUT2D eigenvalue weighted by Crippen LogP contribution is -2.50.